The average molecular weight is 441 g/mol. The van der Waals surface area contributed by atoms with Crippen molar-refractivity contribution in [1.82, 2.24) is 9.55 Å². The number of anilines is 2. The van der Waals surface area contributed by atoms with Gasteiger partial charge in [-0.05, 0) is 72.6 Å². The first-order valence-corrected chi connectivity index (χ1v) is 11.0. The average Bonchev–Trinajstić information content (AvgIpc) is 3.14. The molecule has 0 aliphatic rings. The van der Waals surface area contributed by atoms with Gasteiger partial charge in [0.1, 0.15) is 5.82 Å². The van der Waals surface area contributed by atoms with E-state index in [0.717, 1.165) is 22.4 Å². The number of carbonyl (C=O) groups excluding carboxylic acids is 2. The number of nitrogens with one attached hydrogen (secondary N) is 1. The molecule has 4 rings (SSSR count). The van der Waals surface area contributed by atoms with Crippen LogP contribution < -0.4 is 11.1 Å². The van der Waals surface area contributed by atoms with Gasteiger partial charge in [-0.2, -0.15) is 0 Å². The Hall–Kier alpha value is -3.93. The molecule has 0 radical (unpaired) electrons. The number of aromatic nitrogens is 2. The molecule has 0 saturated carbocycles. The zero-order chi connectivity index (χ0) is 23.7. The number of imidazole rings is 1. The van der Waals surface area contributed by atoms with E-state index < -0.39 is 0 Å². The molecule has 33 heavy (non-hydrogen) atoms. The van der Waals surface area contributed by atoms with Crippen molar-refractivity contribution in [3.8, 4) is 11.4 Å². The third kappa shape index (κ3) is 4.51. The van der Waals surface area contributed by atoms with Gasteiger partial charge in [0.2, 0.25) is 0 Å². The van der Waals surface area contributed by atoms with E-state index in [1.54, 1.807) is 24.3 Å². The monoisotopic (exact) mass is 440 g/mol. The van der Waals surface area contributed by atoms with Crippen LogP contribution in [-0.2, 0) is 7.05 Å². The Labute approximate surface area is 193 Å². The molecule has 1 amide bonds. The molecular formula is C27H28N4O2. The molecular weight excluding hydrogens is 412 g/mol. The van der Waals surface area contributed by atoms with Gasteiger partial charge < -0.3 is 15.6 Å². The van der Waals surface area contributed by atoms with Gasteiger partial charge in [-0.1, -0.05) is 20.8 Å². The minimum Gasteiger partial charge on any atom is -0.399 e. The maximum atomic E-state index is 12.8. The van der Waals surface area contributed by atoms with Gasteiger partial charge in [-0.15, -0.1) is 0 Å². The van der Waals surface area contributed by atoms with E-state index in [0.29, 0.717) is 22.5 Å². The Kier molecular flexibility index (Phi) is 6.01. The second-order valence-electron chi connectivity index (χ2n) is 8.75. The predicted octanol–water partition coefficient (Wildman–Crippen LogP) is 5.55. The number of nitrogens with zero attached hydrogens (tertiary/aromatic N) is 2. The number of hydrogen-bond donors (Lipinski definition) is 2. The summed E-state index contributed by atoms with van der Waals surface area (Å²) in [4.78, 5) is 30.0. The SMILES string of the molecule is CC(C)C(C)C(=O)c1ccc2nc(-c3ccc(NC(=O)c4ccc(N)cc4)cc3)n(C)c2c1. The third-order valence-corrected chi connectivity index (χ3v) is 6.15. The Morgan fingerprint density at radius 2 is 1.55 bits per heavy atom. The molecule has 3 N–H and O–H groups in total. The molecule has 0 aliphatic carbocycles. The summed E-state index contributed by atoms with van der Waals surface area (Å²) in [6, 6.07) is 20.0. The number of ketones is 1. The van der Waals surface area contributed by atoms with Gasteiger partial charge in [0.25, 0.3) is 5.91 Å². The highest BCUT2D eigenvalue weighted by atomic mass is 16.1. The molecule has 6 heteroatoms. The lowest BCUT2D eigenvalue weighted by Gasteiger charge is -2.14. The van der Waals surface area contributed by atoms with Crippen LogP contribution in [0.15, 0.2) is 66.7 Å². The number of nitrogens with two attached hydrogens (primary N) is 1. The fourth-order valence-electron chi connectivity index (χ4n) is 3.71. The summed E-state index contributed by atoms with van der Waals surface area (Å²) in [7, 11) is 1.95. The Morgan fingerprint density at radius 1 is 0.909 bits per heavy atom. The Bertz CT molecular complexity index is 1320. The van der Waals surface area contributed by atoms with E-state index >= 15 is 0 Å². The molecule has 0 spiro atoms. The quantitative estimate of drug-likeness (QED) is 0.304. The summed E-state index contributed by atoms with van der Waals surface area (Å²) < 4.78 is 1.99. The second-order valence-corrected chi connectivity index (χ2v) is 8.75. The fraction of sp³-hybridized carbons (Fsp3) is 0.222. The van der Waals surface area contributed by atoms with Crippen LogP contribution in [0.4, 0.5) is 11.4 Å². The maximum Gasteiger partial charge on any atom is 0.255 e. The topological polar surface area (TPSA) is 90.0 Å². The van der Waals surface area contributed by atoms with E-state index in [9.17, 15) is 9.59 Å². The second kappa shape index (κ2) is 8.90. The molecule has 3 aromatic carbocycles. The van der Waals surface area contributed by atoms with Gasteiger partial charge in [0.15, 0.2) is 5.78 Å². The largest absolute Gasteiger partial charge is 0.399 e. The van der Waals surface area contributed by atoms with Crippen molar-refractivity contribution in [3.63, 3.8) is 0 Å². The lowest BCUT2D eigenvalue weighted by atomic mass is 9.89. The van der Waals surface area contributed by atoms with Crippen LogP contribution in [0, 0.1) is 11.8 Å². The third-order valence-electron chi connectivity index (χ3n) is 6.15. The number of nitrogen functional groups attached to an aromatic ring is 1. The summed E-state index contributed by atoms with van der Waals surface area (Å²) in [5.41, 5.74) is 10.9. The number of aryl methyl sites for hydroxylation is 1. The van der Waals surface area contributed by atoms with Crippen LogP contribution in [0.1, 0.15) is 41.5 Å². The van der Waals surface area contributed by atoms with Crippen LogP contribution in [0.2, 0.25) is 0 Å². The molecule has 6 nitrogen and oxygen atoms in total. The zero-order valence-electron chi connectivity index (χ0n) is 19.3. The van der Waals surface area contributed by atoms with Crippen LogP contribution in [0.3, 0.4) is 0 Å². The number of rotatable bonds is 6. The van der Waals surface area contributed by atoms with Crippen LogP contribution in [0.5, 0.6) is 0 Å². The number of fused-ring (bicyclic) bond motifs is 1. The van der Waals surface area contributed by atoms with Crippen molar-refractivity contribution in [2.75, 3.05) is 11.1 Å². The van der Waals surface area contributed by atoms with Crippen molar-refractivity contribution < 1.29 is 9.59 Å². The van der Waals surface area contributed by atoms with E-state index in [1.165, 1.54) is 0 Å². The lowest BCUT2D eigenvalue weighted by molar-refractivity contribution is 0.0899. The molecule has 0 saturated heterocycles. The number of carbonyl (C=O) groups is 2. The first-order valence-electron chi connectivity index (χ1n) is 11.0. The molecule has 1 aromatic heterocycles. The van der Waals surface area contributed by atoms with E-state index in [2.05, 4.69) is 19.2 Å². The van der Waals surface area contributed by atoms with Gasteiger partial charge >= 0.3 is 0 Å². The summed E-state index contributed by atoms with van der Waals surface area (Å²) in [6.07, 6.45) is 0. The normalized spacial score (nSPS) is 12.2. The van der Waals surface area contributed by atoms with Crippen LogP contribution in [0.25, 0.3) is 22.4 Å². The highest BCUT2D eigenvalue weighted by Crippen LogP contribution is 2.27. The van der Waals surface area contributed by atoms with E-state index in [1.807, 2.05) is 61.0 Å². The standard InChI is InChI=1S/C27H28N4O2/c1-16(2)17(3)25(32)20-9-14-23-24(15-20)31(4)26(30-23)18-7-12-22(13-8-18)29-27(33)19-5-10-21(28)11-6-19/h5-17H,28H2,1-4H3,(H,29,33). The van der Waals surface area contributed by atoms with Crippen molar-refractivity contribution in [2.45, 2.75) is 20.8 Å². The smallest absolute Gasteiger partial charge is 0.255 e. The van der Waals surface area contributed by atoms with Gasteiger partial charge in [-0.3, -0.25) is 9.59 Å². The molecule has 4 aromatic rings. The fourth-order valence-corrected chi connectivity index (χ4v) is 3.71. The minimum atomic E-state index is -0.196. The molecule has 168 valence electrons. The molecule has 0 aliphatic heterocycles. The van der Waals surface area contributed by atoms with E-state index in [4.69, 9.17) is 10.7 Å². The number of hydrogen-bond acceptors (Lipinski definition) is 4. The highest BCUT2D eigenvalue weighted by molar-refractivity contribution is 6.04. The molecule has 0 fully saturated rings. The van der Waals surface area contributed by atoms with Gasteiger partial charge in [0, 0.05) is 41.0 Å². The molecule has 0 bridgehead atoms. The predicted molar refractivity (Wildman–Crippen MR) is 133 cm³/mol. The number of amides is 1. The van der Waals surface area contributed by atoms with Gasteiger partial charge in [0.05, 0.1) is 11.0 Å². The van der Waals surface area contributed by atoms with Crippen LogP contribution in [-0.4, -0.2) is 21.2 Å². The summed E-state index contributed by atoms with van der Waals surface area (Å²) in [6.45, 7) is 6.09. The maximum absolute atomic E-state index is 12.8. The first kappa shape index (κ1) is 22.3. The highest BCUT2D eigenvalue weighted by Gasteiger charge is 2.20. The number of Topliss-reactive ketones (excluding diaryl/α,β-unsaturated/α-hetero) is 1. The van der Waals surface area contributed by atoms with Gasteiger partial charge in [-0.25, -0.2) is 4.98 Å². The van der Waals surface area contributed by atoms with Crippen LogP contribution >= 0.6 is 0 Å². The van der Waals surface area contributed by atoms with Crippen molar-refractivity contribution in [2.24, 2.45) is 18.9 Å². The van der Waals surface area contributed by atoms with Crippen molar-refractivity contribution >= 4 is 34.1 Å². The first-order chi connectivity index (χ1) is 15.7. The van der Waals surface area contributed by atoms with Crippen molar-refractivity contribution in [1.29, 1.82) is 0 Å². The Morgan fingerprint density at radius 3 is 2.18 bits per heavy atom. The minimum absolute atomic E-state index is 0.0360. The summed E-state index contributed by atoms with van der Waals surface area (Å²) >= 11 is 0. The molecule has 1 heterocycles. The van der Waals surface area contributed by atoms with Crippen molar-refractivity contribution in [3.05, 3.63) is 77.9 Å². The summed E-state index contributed by atoms with van der Waals surface area (Å²) in [5, 5.41) is 2.89. The summed E-state index contributed by atoms with van der Waals surface area (Å²) in [5.74, 6) is 0.998. The Balaban J connectivity index is 1.57. The zero-order valence-corrected chi connectivity index (χ0v) is 19.3. The number of benzene rings is 3. The molecule has 1 unspecified atom stereocenters. The molecule has 1 atom stereocenters. The van der Waals surface area contributed by atoms with E-state index in [-0.39, 0.29) is 23.5 Å². The lowest BCUT2D eigenvalue weighted by Crippen LogP contribution is -2.16.